The van der Waals surface area contributed by atoms with Crippen molar-refractivity contribution in [2.24, 2.45) is 0 Å². The van der Waals surface area contributed by atoms with E-state index in [9.17, 15) is 0 Å². The van der Waals surface area contributed by atoms with Crippen molar-refractivity contribution in [1.29, 1.82) is 5.26 Å². The summed E-state index contributed by atoms with van der Waals surface area (Å²) in [5, 5.41) is 15.6. The van der Waals surface area contributed by atoms with E-state index in [1.54, 1.807) is 4.68 Å². The van der Waals surface area contributed by atoms with E-state index < -0.39 is 0 Å². The number of aryl methyl sites for hydroxylation is 1. The first kappa shape index (κ1) is 5.76. The Bertz CT molecular complexity index is 231. The normalized spacial score (nSPS) is 8.89. The maximum absolute atomic E-state index is 8.39. The van der Waals surface area contributed by atoms with Crippen molar-refractivity contribution >= 4 is 0 Å². The first-order chi connectivity index (χ1) is 4.38. The molecular weight excluding hydrogens is 116 g/mol. The van der Waals surface area contributed by atoms with Crippen molar-refractivity contribution in [2.45, 2.75) is 13.5 Å². The summed E-state index contributed by atoms with van der Waals surface area (Å²) < 4.78 is 1.54. The minimum atomic E-state index is 0.512. The van der Waals surface area contributed by atoms with Gasteiger partial charge < -0.3 is 0 Å². The largest absolute Gasteiger partial charge is 0.235 e. The molecule has 0 aliphatic carbocycles. The fourth-order valence-electron chi connectivity index (χ4n) is 0.578. The Labute approximate surface area is 52.7 Å². The topological polar surface area (TPSA) is 54.5 Å². The van der Waals surface area contributed by atoms with Gasteiger partial charge in [0.2, 0.25) is 0 Å². The SMILES string of the molecule is CCn1nncc1C#N. The molecule has 4 nitrogen and oxygen atoms in total. The molecule has 1 aromatic rings. The second-order valence-electron chi connectivity index (χ2n) is 1.55. The molecule has 0 radical (unpaired) electrons. The number of aromatic nitrogens is 3. The molecule has 0 unspecified atom stereocenters. The van der Waals surface area contributed by atoms with Crippen LogP contribution in [0.3, 0.4) is 0 Å². The molecule has 0 fully saturated rings. The van der Waals surface area contributed by atoms with E-state index in [2.05, 4.69) is 10.3 Å². The number of nitriles is 1. The summed E-state index contributed by atoms with van der Waals surface area (Å²) >= 11 is 0. The van der Waals surface area contributed by atoms with Crippen LogP contribution in [0.25, 0.3) is 0 Å². The quantitative estimate of drug-likeness (QED) is 0.533. The summed E-state index contributed by atoms with van der Waals surface area (Å²) in [4.78, 5) is 0. The van der Waals surface area contributed by atoms with Crippen molar-refractivity contribution < 1.29 is 0 Å². The molecule has 1 rings (SSSR count). The molecule has 1 heterocycles. The Hall–Kier alpha value is -1.37. The molecule has 0 aliphatic heterocycles. The Morgan fingerprint density at radius 2 is 2.67 bits per heavy atom. The molecule has 0 bridgehead atoms. The van der Waals surface area contributed by atoms with Crippen LogP contribution in [0.5, 0.6) is 0 Å². The summed E-state index contributed by atoms with van der Waals surface area (Å²) in [6.45, 7) is 2.61. The third-order valence-corrected chi connectivity index (χ3v) is 1.03. The average Bonchev–Trinajstić information content (AvgIpc) is 2.33. The molecule has 4 heteroatoms. The minimum absolute atomic E-state index is 0.512. The number of hydrogen-bond acceptors (Lipinski definition) is 3. The molecule has 1 aromatic heterocycles. The van der Waals surface area contributed by atoms with Gasteiger partial charge in [-0.25, -0.2) is 4.68 Å². The van der Waals surface area contributed by atoms with Crippen LogP contribution in [0.1, 0.15) is 12.6 Å². The van der Waals surface area contributed by atoms with Crippen LogP contribution < -0.4 is 0 Å². The van der Waals surface area contributed by atoms with E-state index in [0.717, 1.165) is 0 Å². The summed E-state index contributed by atoms with van der Waals surface area (Å²) in [5.41, 5.74) is 0.512. The predicted molar refractivity (Wildman–Crippen MR) is 30.4 cm³/mol. The molecule has 46 valence electrons. The van der Waals surface area contributed by atoms with Gasteiger partial charge in [-0.3, -0.25) is 0 Å². The van der Waals surface area contributed by atoms with Crippen LogP contribution in [-0.4, -0.2) is 15.0 Å². The second-order valence-corrected chi connectivity index (χ2v) is 1.55. The first-order valence-corrected chi connectivity index (χ1v) is 2.67. The van der Waals surface area contributed by atoms with Crippen LogP contribution in [0.15, 0.2) is 6.20 Å². The third kappa shape index (κ3) is 0.891. The fourth-order valence-corrected chi connectivity index (χ4v) is 0.578. The lowest BCUT2D eigenvalue weighted by atomic mass is 10.5. The minimum Gasteiger partial charge on any atom is -0.235 e. The number of nitrogens with zero attached hydrogens (tertiary/aromatic N) is 4. The highest BCUT2D eigenvalue weighted by atomic mass is 15.4. The van der Waals surface area contributed by atoms with Crippen LogP contribution in [0.2, 0.25) is 0 Å². The maximum atomic E-state index is 8.39. The van der Waals surface area contributed by atoms with Crippen molar-refractivity contribution in [3.8, 4) is 6.07 Å². The van der Waals surface area contributed by atoms with Crippen molar-refractivity contribution in [3.63, 3.8) is 0 Å². The van der Waals surface area contributed by atoms with Gasteiger partial charge in [0.25, 0.3) is 0 Å². The second kappa shape index (κ2) is 2.27. The highest BCUT2D eigenvalue weighted by Gasteiger charge is 1.96. The fraction of sp³-hybridized carbons (Fsp3) is 0.400. The van der Waals surface area contributed by atoms with E-state index in [1.165, 1.54) is 6.20 Å². The zero-order valence-electron chi connectivity index (χ0n) is 5.07. The van der Waals surface area contributed by atoms with E-state index in [-0.39, 0.29) is 0 Å². The molecule has 0 spiro atoms. The molecule has 9 heavy (non-hydrogen) atoms. The number of rotatable bonds is 1. The summed E-state index contributed by atoms with van der Waals surface area (Å²) in [7, 11) is 0. The molecule has 0 N–H and O–H groups in total. The first-order valence-electron chi connectivity index (χ1n) is 2.67. The summed E-state index contributed by atoms with van der Waals surface area (Å²) in [6, 6.07) is 1.96. The van der Waals surface area contributed by atoms with E-state index in [0.29, 0.717) is 12.2 Å². The highest BCUT2D eigenvalue weighted by molar-refractivity contribution is 5.14. The maximum Gasteiger partial charge on any atom is 0.158 e. The van der Waals surface area contributed by atoms with Crippen LogP contribution in [0, 0.1) is 11.3 Å². The van der Waals surface area contributed by atoms with Gasteiger partial charge in [0.15, 0.2) is 5.69 Å². The summed E-state index contributed by atoms with van der Waals surface area (Å²) in [6.07, 6.45) is 1.45. The van der Waals surface area contributed by atoms with Crippen molar-refractivity contribution in [3.05, 3.63) is 11.9 Å². The average molecular weight is 122 g/mol. The van der Waals surface area contributed by atoms with Crippen LogP contribution in [0.4, 0.5) is 0 Å². The van der Waals surface area contributed by atoms with Gasteiger partial charge in [-0.05, 0) is 6.92 Å². The monoisotopic (exact) mass is 122 g/mol. The van der Waals surface area contributed by atoms with E-state index in [1.807, 2.05) is 13.0 Å². The van der Waals surface area contributed by atoms with Gasteiger partial charge in [0.05, 0.1) is 6.20 Å². The van der Waals surface area contributed by atoms with Crippen LogP contribution in [-0.2, 0) is 6.54 Å². The Morgan fingerprint density at radius 3 is 3.11 bits per heavy atom. The Morgan fingerprint density at radius 1 is 1.89 bits per heavy atom. The van der Waals surface area contributed by atoms with Crippen molar-refractivity contribution in [1.82, 2.24) is 15.0 Å². The zero-order valence-corrected chi connectivity index (χ0v) is 5.07. The van der Waals surface area contributed by atoms with Gasteiger partial charge in [-0.1, -0.05) is 5.21 Å². The lowest BCUT2D eigenvalue weighted by molar-refractivity contribution is 0.620. The molecule has 0 saturated heterocycles. The molecule has 0 saturated carbocycles. The summed E-state index contributed by atoms with van der Waals surface area (Å²) in [5.74, 6) is 0. The van der Waals surface area contributed by atoms with Gasteiger partial charge in [0, 0.05) is 6.54 Å². The van der Waals surface area contributed by atoms with Crippen molar-refractivity contribution in [2.75, 3.05) is 0 Å². The third-order valence-electron chi connectivity index (χ3n) is 1.03. The molecule has 0 aromatic carbocycles. The number of hydrogen-bond donors (Lipinski definition) is 0. The van der Waals surface area contributed by atoms with Crippen LogP contribution >= 0.6 is 0 Å². The lowest BCUT2D eigenvalue weighted by Crippen LogP contribution is -1.98. The molecule has 0 amide bonds. The molecule has 0 aliphatic rings. The molecule has 0 atom stereocenters. The smallest absolute Gasteiger partial charge is 0.158 e. The van der Waals surface area contributed by atoms with Gasteiger partial charge in [-0.15, -0.1) is 5.10 Å². The standard InChI is InChI=1S/C5H6N4/c1-2-9-5(3-6)4-7-8-9/h4H,2H2,1H3. The van der Waals surface area contributed by atoms with Gasteiger partial charge >= 0.3 is 0 Å². The van der Waals surface area contributed by atoms with Gasteiger partial charge in [0.1, 0.15) is 6.07 Å². The lowest BCUT2D eigenvalue weighted by Gasteiger charge is -1.90. The molecular formula is C5H6N4. The zero-order chi connectivity index (χ0) is 6.69. The highest BCUT2D eigenvalue weighted by Crippen LogP contribution is 1.90. The van der Waals surface area contributed by atoms with E-state index >= 15 is 0 Å². The van der Waals surface area contributed by atoms with Gasteiger partial charge in [-0.2, -0.15) is 5.26 Å². The Balaban J connectivity index is 3.02. The van der Waals surface area contributed by atoms with E-state index in [4.69, 9.17) is 5.26 Å². The predicted octanol–water partition coefficient (Wildman–Crippen LogP) is 0.170. The Kier molecular flexibility index (Phi) is 1.45.